The van der Waals surface area contributed by atoms with Gasteiger partial charge in [0.2, 0.25) is 5.91 Å². The summed E-state index contributed by atoms with van der Waals surface area (Å²) in [5.74, 6) is -0.243. The lowest BCUT2D eigenvalue weighted by Gasteiger charge is -2.05. The number of H-pyrrole nitrogens is 2. The van der Waals surface area contributed by atoms with Gasteiger partial charge in [-0.3, -0.25) is 19.7 Å². The van der Waals surface area contributed by atoms with Crippen molar-refractivity contribution in [2.45, 2.75) is 6.42 Å². The first-order valence-corrected chi connectivity index (χ1v) is 8.68. The van der Waals surface area contributed by atoms with Gasteiger partial charge in [-0.1, -0.05) is 29.8 Å². The molecule has 1 aliphatic rings. The zero-order chi connectivity index (χ0) is 18.8. The van der Waals surface area contributed by atoms with Crippen molar-refractivity contribution in [2.24, 2.45) is 4.99 Å². The number of hydrogen-bond acceptors (Lipinski definition) is 3. The van der Waals surface area contributed by atoms with Crippen LogP contribution < -0.4 is 10.9 Å². The van der Waals surface area contributed by atoms with Crippen molar-refractivity contribution < 1.29 is 4.79 Å². The first-order valence-electron chi connectivity index (χ1n) is 8.30. The maximum absolute atomic E-state index is 12.3. The molecule has 1 amide bonds. The van der Waals surface area contributed by atoms with Crippen LogP contribution in [0.15, 0.2) is 58.3 Å². The van der Waals surface area contributed by atoms with Crippen LogP contribution in [0.1, 0.15) is 16.8 Å². The number of rotatable bonds is 4. The van der Waals surface area contributed by atoms with Gasteiger partial charge < -0.3 is 10.4 Å². The second kappa shape index (κ2) is 7.09. The van der Waals surface area contributed by atoms with Gasteiger partial charge in [0.25, 0.3) is 5.56 Å². The molecule has 3 N–H and O–H groups in total. The highest BCUT2D eigenvalue weighted by molar-refractivity contribution is 6.30. The summed E-state index contributed by atoms with van der Waals surface area (Å²) in [5, 5.41) is 8.71. The number of anilines is 1. The van der Waals surface area contributed by atoms with Gasteiger partial charge in [-0.05, 0) is 36.4 Å². The molecule has 0 spiro atoms. The molecule has 134 valence electrons. The number of benzene rings is 2. The SMILES string of the molecule is O=C(Cc1[nH][nH]c(=O)c1/C=C1/C=Nc2ccccc21)Nc1ccc(Cl)cc1. The normalized spacial score (nSPS) is 13.7. The minimum atomic E-state index is -0.283. The van der Waals surface area contributed by atoms with E-state index >= 15 is 0 Å². The van der Waals surface area contributed by atoms with Crippen LogP contribution in [0.2, 0.25) is 5.02 Å². The largest absolute Gasteiger partial charge is 0.326 e. The molecule has 0 saturated carbocycles. The Morgan fingerprint density at radius 2 is 1.89 bits per heavy atom. The molecule has 0 aliphatic carbocycles. The fraction of sp³-hybridized carbons (Fsp3) is 0.0500. The minimum absolute atomic E-state index is 0.0271. The van der Waals surface area contributed by atoms with E-state index in [4.69, 9.17) is 11.6 Å². The number of aromatic nitrogens is 2. The third kappa shape index (κ3) is 3.61. The fourth-order valence-electron chi connectivity index (χ4n) is 2.90. The van der Waals surface area contributed by atoms with Crippen LogP contribution in [0.4, 0.5) is 11.4 Å². The number of amides is 1. The van der Waals surface area contributed by atoms with E-state index in [1.165, 1.54) is 0 Å². The number of hydrogen-bond donors (Lipinski definition) is 3. The molecule has 0 atom stereocenters. The van der Waals surface area contributed by atoms with E-state index in [0.29, 0.717) is 22.0 Å². The van der Waals surface area contributed by atoms with Crippen molar-refractivity contribution in [3.8, 4) is 0 Å². The summed E-state index contributed by atoms with van der Waals surface area (Å²) < 4.78 is 0. The summed E-state index contributed by atoms with van der Waals surface area (Å²) in [6.07, 6.45) is 3.49. The average Bonchev–Trinajstić information content (AvgIpc) is 3.22. The van der Waals surface area contributed by atoms with Gasteiger partial charge in [-0.15, -0.1) is 0 Å². The molecule has 3 aromatic rings. The third-order valence-corrected chi connectivity index (χ3v) is 4.47. The van der Waals surface area contributed by atoms with Crippen LogP contribution in [0.3, 0.4) is 0 Å². The highest BCUT2D eigenvalue weighted by Crippen LogP contribution is 2.32. The number of allylic oxidation sites excluding steroid dienone is 1. The van der Waals surface area contributed by atoms with Gasteiger partial charge in [0.05, 0.1) is 23.4 Å². The predicted molar refractivity (Wildman–Crippen MR) is 108 cm³/mol. The van der Waals surface area contributed by atoms with Crippen LogP contribution in [0.5, 0.6) is 0 Å². The molecule has 2 aromatic carbocycles. The van der Waals surface area contributed by atoms with Gasteiger partial charge in [-0.25, -0.2) is 0 Å². The number of aromatic amines is 2. The zero-order valence-corrected chi connectivity index (χ0v) is 14.9. The summed E-state index contributed by atoms with van der Waals surface area (Å²) in [6, 6.07) is 14.5. The number of aliphatic imine (C=N–C) groups is 1. The first-order chi connectivity index (χ1) is 13.1. The topological polar surface area (TPSA) is 90.1 Å². The van der Waals surface area contributed by atoms with Crippen LogP contribution in [-0.4, -0.2) is 22.3 Å². The molecule has 7 heteroatoms. The molecule has 2 heterocycles. The predicted octanol–water partition coefficient (Wildman–Crippen LogP) is 3.79. The quantitative estimate of drug-likeness (QED) is 0.644. The first kappa shape index (κ1) is 17.1. The van der Waals surface area contributed by atoms with Crippen molar-refractivity contribution in [1.29, 1.82) is 0 Å². The molecular weight excluding hydrogens is 364 g/mol. The van der Waals surface area contributed by atoms with Crippen molar-refractivity contribution in [3.63, 3.8) is 0 Å². The second-order valence-corrected chi connectivity index (χ2v) is 6.51. The number of carbonyl (C=O) groups is 1. The van der Waals surface area contributed by atoms with Gasteiger partial charge in [0.1, 0.15) is 0 Å². The van der Waals surface area contributed by atoms with E-state index in [1.807, 2.05) is 24.3 Å². The Balaban J connectivity index is 1.57. The lowest BCUT2D eigenvalue weighted by Crippen LogP contribution is -2.15. The van der Waals surface area contributed by atoms with E-state index in [2.05, 4.69) is 20.5 Å². The number of nitrogens with zero attached hydrogens (tertiary/aromatic N) is 1. The highest BCUT2D eigenvalue weighted by Gasteiger charge is 2.16. The molecular formula is C20H15ClN4O2. The van der Waals surface area contributed by atoms with E-state index in [1.54, 1.807) is 36.6 Å². The lowest BCUT2D eigenvalue weighted by atomic mass is 10.0. The number of para-hydroxylation sites is 1. The van der Waals surface area contributed by atoms with Crippen molar-refractivity contribution >= 4 is 46.7 Å². The second-order valence-electron chi connectivity index (χ2n) is 6.08. The number of carbonyl (C=O) groups excluding carboxylic acids is 1. The summed E-state index contributed by atoms with van der Waals surface area (Å²) in [5.41, 5.74) is 3.92. The summed E-state index contributed by atoms with van der Waals surface area (Å²) in [6.45, 7) is 0. The smallest absolute Gasteiger partial charge is 0.271 e. The van der Waals surface area contributed by atoms with E-state index < -0.39 is 0 Å². The molecule has 0 saturated heterocycles. The Labute approximate surface area is 159 Å². The van der Waals surface area contributed by atoms with E-state index in [9.17, 15) is 9.59 Å². The van der Waals surface area contributed by atoms with Crippen molar-refractivity contribution in [3.05, 3.63) is 80.7 Å². The van der Waals surface area contributed by atoms with Crippen LogP contribution >= 0.6 is 11.6 Å². The summed E-state index contributed by atoms with van der Waals surface area (Å²) in [7, 11) is 0. The minimum Gasteiger partial charge on any atom is -0.326 e. The Morgan fingerprint density at radius 1 is 1.11 bits per heavy atom. The summed E-state index contributed by atoms with van der Waals surface area (Å²) >= 11 is 5.84. The third-order valence-electron chi connectivity index (χ3n) is 4.22. The fourth-order valence-corrected chi connectivity index (χ4v) is 3.03. The van der Waals surface area contributed by atoms with Crippen LogP contribution in [0, 0.1) is 0 Å². The average molecular weight is 379 g/mol. The summed E-state index contributed by atoms with van der Waals surface area (Å²) in [4.78, 5) is 28.9. The molecule has 0 fully saturated rings. The van der Waals surface area contributed by atoms with Crippen LogP contribution in [-0.2, 0) is 11.2 Å². The van der Waals surface area contributed by atoms with Crippen molar-refractivity contribution in [1.82, 2.24) is 10.2 Å². The maximum atomic E-state index is 12.3. The van der Waals surface area contributed by atoms with Gasteiger partial charge >= 0.3 is 0 Å². The zero-order valence-electron chi connectivity index (χ0n) is 14.1. The van der Waals surface area contributed by atoms with Crippen molar-refractivity contribution in [2.75, 3.05) is 5.32 Å². The standard InChI is InChI=1S/C20H15ClN4O2/c21-13-5-7-14(8-6-13)23-19(26)10-18-16(20(27)25-24-18)9-12-11-22-17-4-2-1-3-15(12)17/h1-9,11H,10H2,(H,23,26)(H2,24,25,27)/b12-9-. The van der Waals surface area contributed by atoms with Gasteiger partial charge in [0.15, 0.2) is 0 Å². The highest BCUT2D eigenvalue weighted by atomic mass is 35.5. The number of fused-ring (bicyclic) bond motifs is 1. The van der Waals surface area contributed by atoms with Crippen LogP contribution in [0.25, 0.3) is 11.6 Å². The Bertz CT molecular complexity index is 1120. The van der Waals surface area contributed by atoms with Gasteiger partial charge in [-0.2, -0.15) is 0 Å². The molecule has 0 radical (unpaired) electrons. The van der Waals surface area contributed by atoms with Gasteiger partial charge in [0, 0.05) is 28.1 Å². The monoisotopic (exact) mass is 378 g/mol. The maximum Gasteiger partial charge on any atom is 0.271 e. The molecule has 0 unspecified atom stereocenters. The number of halogens is 1. The van der Waals surface area contributed by atoms with E-state index in [0.717, 1.165) is 16.8 Å². The molecule has 0 bridgehead atoms. The lowest BCUT2D eigenvalue weighted by molar-refractivity contribution is -0.115. The molecule has 1 aliphatic heterocycles. The molecule has 6 nitrogen and oxygen atoms in total. The number of nitrogens with one attached hydrogen (secondary N) is 3. The molecule has 27 heavy (non-hydrogen) atoms. The molecule has 1 aromatic heterocycles. The Morgan fingerprint density at radius 3 is 2.70 bits per heavy atom. The van der Waals surface area contributed by atoms with E-state index in [-0.39, 0.29) is 17.9 Å². The molecule has 4 rings (SSSR count). The Hall–Kier alpha value is -3.38. The Kier molecular flexibility index (Phi) is 4.48.